The molecule has 0 radical (unpaired) electrons. The van der Waals surface area contributed by atoms with Crippen molar-refractivity contribution in [1.29, 1.82) is 0 Å². The van der Waals surface area contributed by atoms with Gasteiger partial charge < -0.3 is 9.67 Å². The van der Waals surface area contributed by atoms with E-state index in [1.54, 1.807) is 18.3 Å². The van der Waals surface area contributed by atoms with Crippen molar-refractivity contribution >= 4 is 12.4 Å². The van der Waals surface area contributed by atoms with Crippen molar-refractivity contribution in [3.63, 3.8) is 0 Å². The van der Waals surface area contributed by atoms with Crippen LogP contribution in [0.5, 0.6) is 0 Å². The van der Waals surface area contributed by atoms with Crippen molar-refractivity contribution in [3.8, 4) is 0 Å². The van der Waals surface area contributed by atoms with Gasteiger partial charge in [-0.15, -0.1) is 12.4 Å². The van der Waals surface area contributed by atoms with Gasteiger partial charge in [-0.25, -0.2) is 0 Å². The van der Waals surface area contributed by atoms with Crippen molar-refractivity contribution in [3.05, 3.63) is 34.7 Å². The van der Waals surface area contributed by atoms with E-state index in [1.807, 2.05) is 0 Å². The number of pyridine rings is 1. The fourth-order valence-corrected chi connectivity index (χ4v) is 0.753. The van der Waals surface area contributed by atoms with E-state index in [2.05, 4.69) is 0 Å². The summed E-state index contributed by atoms with van der Waals surface area (Å²) >= 11 is 0. The molecule has 4 heteroatoms. The minimum Gasteiger partial charge on any atom is -0.395 e. The largest absolute Gasteiger partial charge is 0.395 e. The second kappa shape index (κ2) is 4.93. The van der Waals surface area contributed by atoms with Crippen LogP contribution < -0.4 is 5.56 Å². The highest BCUT2D eigenvalue weighted by Crippen LogP contribution is 1.79. The molecule has 0 aliphatic rings. The predicted molar refractivity (Wildman–Crippen MR) is 45.0 cm³/mol. The van der Waals surface area contributed by atoms with Crippen molar-refractivity contribution in [1.82, 2.24) is 4.57 Å². The molecule has 0 saturated heterocycles. The maximum absolute atomic E-state index is 10.9. The summed E-state index contributed by atoms with van der Waals surface area (Å²) in [7, 11) is 0. The van der Waals surface area contributed by atoms with Crippen LogP contribution in [0.1, 0.15) is 0 Å². The fraction of sp³-hybridized carbons (Fsp3) is 0.286. The normalized spacial score (nSPS) is 8.82. The molecule has 0 bridgehead atoms. The molecule has 11 heavy (non-hydrogen) atoms. The van der Waals surface area contributed by atoms with Crippen molar-refractivity contribution < 1.29 is 5.11 Å². The predicted octanol–water partition coefficient (Wildman–Crippen LogP) is 0.262. The Morgan fingerprint density at radius 3 is 2.73 bits per heavy atom. The number of nitrogens with zero attached hydrogens (tertiary/aromatic N) is 1. The topological polar surface area (TPSA) is 42.2 Å². The minimum absolute atomic E-state index is 0. The Kier molecular flexibility index (Phi) is 4.57. The molecule has 0 amide bonds. The van der Waals surface area contributed by atoms with E-state index >= 15 is 0 Å². The van der Waals surface area contributed by atoms with Gasteiger partial charge in [-0.2, -0.15) is 0 Å². The average Bonchev–Trinajstić information content (AvgIpc) is 1.94. The molecule has 3 nitrogen and oxygen atoms in total. The maximum Gasteiger partial charge on any atom is 0.250 e. The number of rotatable bonds is 2. The monoisotopic (exact) mass is 175 g/mol. The third-order valence-electron chi connectivity index (χ3n) is 1.24. The molecule has 0 aromatic carbocycles. The SMILES string of the molecule is Cl.O=c1ccccn1CCO. The molecule has 62 valence electrons. The van der Waals surface area contributed by atoms with Crippen LogP contribution in [0.4, 0.5) is 0 Å². The van der Waals surface area contributed by atoms with E-state index < -0.39 is 0 Å². The number of halogens is 1. The van der Waals surface area contributed by atoms with Crippen LogP contribution in [0.3, 0.4) is 0 Å². The lowest BCUT2D eigenvalue weighted by Crippen LogP contribution is -2.19. The molecule has 1 aromatic heterocycles. The number of aliphatic hydroxyl groups is 1. The smallest absolute Gasteiger partial charge is 0.250 e. The van der Waals surface area contributed by atoms with Crippen molar-refractivity contribution in [2.75, 3.05) is 6.61 Å². The van der Waals surface area contributed by atoms with Gasteiger partial charge in [0.1, 0.15) is 0 Å². The number of hydrogen-bond acceptors (Lipinski definition) is 2. The summed E-state index contributed by atoms with van der Waals surface area (Å²) in [5.74, 6) is 0. The van der Waals surface area contributed by atoms with Gasteiger partial charge in [0.05, 0.1) is 6.61 Å². The van der Waals surface area contributed by atoms with E-state index in [-0.39, 0.29) is 24.6 Å². The first-order valence-electron chi connectivity index (χ1n) is 3.11. The van der Waals surface area contributed by atoms with Crippen LogP contribution in [-0.4, -0.2) is 16.3 Å². The molecule has 1 N–H and O–H groups in total. The first kappa shape index (κ1) is 10.2. The van der Waals surface area contributed by atoms with Gasteiger partial charge >= 0.3 is 0 Å². The molecule has 1 heterocycles. The molecule has 1 aromatic rings. The highest BCUT2D eigenvalue weighted by molar-refractivity contribution is 5.85. The lowest BCUT2D eigenvalue weighted by Gasteiger charge is -1.99. The van der Waals surface area contributed by atoms with Crippen LogP contribution in [0.15, 0.2) is 29.2 Å². The Morgan fingerprint density at radius 2 is 2.18 bits per heavy atom. The average molecular weight is 176 g/mol. The van der Waals surface area contributed by atoms with Crippen LogP contribution in [0.2, 0.25) is 0 Å². The lowest BCUT2D eigenvalue weighted by molar-refractivity contribution is 0.274. The molecule has 0 aliphatic carbocycles. The second-order valence-electron chi connectivity index (χ2n) is 1.96. The Balaban J connectivity index is 0.000001000. The summed E-state index contributed by atoms with van der Waals surface area (Å²) in [4.78, 5) is 10.9. The van der Waals surface area contributed by atoms with E-state index in [0.717, 1.165) is 0 Å². The Morgan fingerprint density at radius 1 is 1.45 bits per heavy atom. The molecule has 1 rings (SSSR count). The Hall–Kier alpha value is -0.800. The van der Waals surface area contributed by atoms with Gasteiger partial charge in [0.25, 0.3) is 5.56 Å². The molecule has 0 fully saturated rings. The van der Waals surface area contributed by atoms with E-state index in [9.17, 15) is 4.79 Å². The summed E-state index contributed by atoms with van der Waals surface area (Å²) in [6, 6.07) is 4.91. The maximum atomic E-state index is 10.9. The van der Waals surface area contributed by atoms with E-state index in [0.29, 0.717) is 6.54 Å². The summed E-state index contributed by atoms with van der Waals surface area (Å²) in [5.41, 5.74) is -0.0726. The zero-order chi connectivity index (χ0) is 7.40. The third-order valence-corrected chi connectivity index (χ3v) is 1.24. The molecule has 0 unspecified atom stereocenters. The molecule has 0 spiro atoms. The first-order valence-corrected chi connectivity index (χ1v) is 3.11. The Labute approximate surface area is 70.7 Å². The van der Waals surface area contributed by atoms with Gasteiger partial charge in [-0.05, 0) is 6.07 Å². The summed E-state index contributed by atoms with van der Waals surface area (Å²) in [6.45, 7) is 0.379. The summed E-state index contributed by atoms with van der Waals surface area (Å²) in [5, 5.41) is 8.48. The summed E-state index contributed by atoms with van der Waals surface area (Å²) < 4.78 is 1.46. The zero-order valence-corrected chi connectivity index (χ0v) is 6.75. The Bertz CT molecular complexity index is 259. The molecule has 0 atom stereocenters. The highest BCUT2D eigenvalue weighted by atomic mass is 35.5. The number of aliphatic hydroxyl groups excluding tert-OH is 1. The van der Waals surface area contributed by atoms with E-state index in [4.69, 9.17) is 5.11 Å². The molecular weight excluding hydrogens is 166 g/mol. The minimum atomic E-state index is -0.0726. The quantitative estimate of drug-likeness (QED) is 0.701. The number of hydrogen-bond donors (Lipinski definition) is 1. The first-order chi connectivity index (χ1) is 4.84. The van der Waals surface area contributed by atoms with Crippen LogP contribution in [0.25, 0.3) is 0 Å². The standard InChI is InChI=1S/C7H9NO2.ClH/c9-6-5-8-4-2-1-3-7(8)10;/h1-4,9H,5-6H2;1H. The van der Waals surface area contributed by atoms with Gasteiger partial charge in [0.2, 0.25) is 0 Å². The van der Waals surface area contributed by atoms with Crippen LogP contribution in [-0.2, 0) is 6.54 Å². The van der Waals surface area contributed by atoms with Gasteiger partial charge in [0.15, 0.2) is 0 Å². The lowest BCUT2D eigenvalue weighted by atomic mass is 10.5. The van der Waals surface area contributed by atoms with Crippen LogP contribution in [0, 0.1) is 0 Å². The highest BCUT2D eigenvalue weighted by Gasteiger charge is 1.88. The van der Waals surface area contributed by atoms with Gasteiger partial charge in [-0.1, -0.05) is 6.07 Å². The molecular formula is C7H10ClNO2. The molecule has 0 saturated carbocycles. The van der Waals surface area contributed by atoms with Gasteiger partial charge in [-0.3, -0.25) is 4.79 Å². The summed E-state index contributed by atoms with van der Waals surface area (Å²) in [6.07, 6.45) is 1.65. The van der Waals surface area contributed by atoms with E-state index in [1.165, 1.54) is 10.6 Å². The van der Waals surface area contributed by atoms with Crippen molar-refractivity contribution in [2.45, 2.75) is 6.54 Å². The number of aromatic nitrogens is 1. The third kappa shape index (κ3) is 2.74. The van der Waals surface area contributed by atoms with Crippen LogP contribution >= 0.6 is 12.4 Å². The van der Waals surface area contributed by atoms with Gasteiger partial charge in [0, 0.05) is 18.8 Å². The second-order valence-corrected chi connectivity index (χ2v) is 1.96. The fourth-order valence-electron chi connectivity index (χ4n) is 0.753. The molecule has 0 aliphatic heterocycles. The zero-order valence-electron chi connectivity index (χ0n) is 5.93. The van der Waals surface area contributed by atoms with Crippen molar-refractivity contribution in [2.24, 2.45) is 0 Å².